The number of nitriles is 1. The van der Waals surface area contributed by atoms with Gasteiger partial charge >= 0.3 is 0 Å². The monoisotopic (exact) mass is 252 g/mol. The summed E-state index contributed by atoms with van der Waals surface area (Å²) < 4.78 is 23.9. The van der Waals surface area contributed by atoms with Crippen molar-refractivity contribution in [2.75, 3.05) is 25.9 Å². The Bertz CT molecular complexity index is 500. The molecule has 0 heterocycles. The van der Waals surface area contributed by atoms with E-state index in [4.69, 9.17) is 5.26 Å². The Morgan fingerprint density at radius 2 is 1.88 bits per heavy atom. The highest BCUT2D eigenvalue weighted by atomic mass is 32.2. The molecular formula is C12H16N2O2S. The molecule has 0 amide bonds. The van der Waals surface area contributed by atoms with Crippen molar-refractivity contribution in [1.29, 1.82) is 5.26 Å². The first-order valence-corrected chi connectivity index (χ1v) is 7.06. The van der Waals surface area contributed by atoms with Gasteiger partial charge in [0.1, 0.15) is 0 Å². The third-order valence-corrected chi connectivity index (χ3v) is 4.33. The van der Waals surface area contributed by atoms with E-state index < -0.39 is 9.84 Å². The standard InChI is InChI=1S/C12H16N2O2S/c1-3-14(2)8-9-17(15,16)12-6-4-11(10-13)5-7-12/h4-7H,3,8-9H2,1-2H3. The second-order valence-electron chi connectivity index (χ2n) is 3.85. The molecule has 0 spiro atoms. The number of hydrogen-bond donors (Lipinski definition) is 0. The maximum absolute atomic E-state index is 11.9. The second-order valence-corrected chi connectivity index (χ2v) is 5.96. The van der Waals surface area contributed by atoms with Gasteiger partial charge < -0.3 is 4.90 Å². The van der Waals surface area contributed by atoms with Crippen molar-refractivity contribution in [2.24, 2.45) is 0 Å². The fourth-order valence-electron chi connectivity index (χ4n) is 1.29. The van der Waals surface area contributed by atoms with Crippen molar-refractivity contribution in [3.63, 3.8) is 0 Å². The smallest absolute Gasteiger partial charge is 0.179 e. The van der Waals surface area contributed by atoms with Crippen LogP contribution in [0.25, 0.3) is 0 Å². The Morgan fingerprint density at radius 1 is 1.29 bits per heavy atom. The van der Waals surface area contributed by atoms with Crippen molar-refractivity contribution in [1.82, 2.24) is 4.90 Å². The first-order valence-electron chi connectivity index (χ1n) is 5.41. The van der Waals surface area contributed by atoms with Crippen LogP contribution < -0.4 is 0 Å². The summed E-state index contributed by atoms with van der Waals surface area (Å²) in [6, 6.07) is 7.98. The van der Waals surface area contributed by atoms with E-state index >= 15 is 0 Å². The molecule has 0 aliphatic heterocycles. The Balaban J connectivity index is 2.79. The van der Waals surface area contributed by atoms with Crippen molar-refractivity contribution in [3.8, 4) is 6.07 Å². The van der Waals surface area contributed by atoms with Gasteiger partial charge in [-0.1, -0.05) is 6.92 Å². The van der Waals surface area contributed by atoms with Crippen LogP contribution in [-0.2, 0) is 9.84 Å². The number of benzene rings is 1. The molecular weight excluding hydrogens is 236 g/mol. The number of sulfone groups is 1. The zero-order valence-electron chi connectivity index (χ0n) is 10.0. The van der Waals surface area contributed by atoms with E-state index in [1.165, 1.54) is 24.3 Å². The van der Waals surface area contributed by atoms with Crippen molar-refractivity contribution >= 4 is 9.84 Å². The quantitative estimate of drug-likeness (QED) is 0.792. The molecule has 0 aliphatic carbocycles. The number of rotatable bonds is 5. The molecule has 0 N–H and O–H groups in total. The van der Waals surface area contributed by atoms with Gasteiger partial charge in [0, 0.05) is 6.54 Å². The first-order chi connectivity index (χ1) is 7.99. The summed E-state index contributed by atoms with van der Waals surface area (Å²) in [6.07, 6.45) is 0. The van der Waals surface area contributed by atoms with E-state index in [0.29, 0.717) is 12.1 Å². The van der Waals surface area contributed by atoms with Crippen molar-refractivity contribution in [3.05, 3.63) is 29.8 Å². The van der Waals surface area contributed by atoms with Gasteiger partial charge in [-0.3, -0.25) is 0 Å². The van der Waals surface area contributed by atoms with E-state index in [1.54, 1.807) is 0 Å². The van der Waals surface area contributed by atoms with Crippen LogP contribution in [0.15, 0.2) is 29.2 Å². The van der Waals surface area contributed by atoms with Crippen LogP contribution in [0, 0.1) is 11.3 Å². The van der Waals surface area contributed by atoms with Crippen LogP contribution in [0.5, 0.6) is 0 Å². The average Bonchev–Trinajstić information content (AvgIpc) is 2.36. The Hall–Kier alpha value is -1.38. The van der Waals surface area contributed by atoms with Gasteiger partial charge in [0.25, 0.3) is 0 Å². The molecule has 0 saturated carbocycles. The normalized spacial score (nSPS) is 11.4. The van der Waals surface area contributed by atoms with Crippen molar-refractivity contribution in [2.45, 2.75) is 11.8 Å². The summed E-state index contributed by atoms with van der Waals surface area (Å²) in [6.45, 7) is 3.32. The highest BCUT2D eigenvalue weighted by Gasteiger charge is 2.14. The summed E-state index contributed by atoms with van der Waals surface area (Å²) in [5.74, 6) is 0.100. The molecule has 0 radical (unpaired) electrons. The van der Waals surface area contributed by atoms with E-state index in [0.717, 1.165) is 6.54 Å². The van der Waals surface area contributed by atoms with Gasteiger partial charge in [-0.05, 0) is 37.9 Å². The van der Waals surface area contributed by atoms with Crippen LogP contribution >= 0.6 is 0 Å². The maximum atomic E-state index is 11.9. The van der Waals surface area contributed by atoms with Crippen LogP contribution in [0.2, 0.25) is 0 Å². The third-order valence-electron chi connectivity index (χ3n) is 2.62. The minimum Gasteiger partial charge on any atom is -0.306 e. The molecule has 0 atom stereocenters. The largest absolute Gasteiger partial charge is 0.306 e. The first kappa shape index (κ1) is 13.7. The van der Waals surface area contributed by atoms with E-state index in [-0.39, 0.29) is 10.6 Å². The molecule has 0 aromatic heterocycles. The Kier molecular flexibility index (Phi) is 4.67. The lowest BCUT2D eigenvalue weighted by molar-refractivity contribution is 0.373. The molecule has 0 saturated heterocycles. The fraction of sp³-hybridized carbons (Fsp3) is 0.417. The topological polar surface area (TPSA) is 61.2 Å². The van der Waals surface area contributed by atoms with E-state index in [1.807, 2.05) is 24.9 Å². The molecule has 5 heteroatoms. The van der Waals surface area contributed by atoms with Crippen LogP contribution in [0.4, 0.5) is 0 Å². The van der Waals surface area contributed by atoms with Gasteiger partial charge in [-0.25, -0.2) is 8.42 Å². The molecule has 1 rings (SSSR count). The second kappa shape index (κ2) is 5.80. The highest BCUT2D eigenvalue weighted by Crippen LogP contribution is 2.12. The highest BCUT2D eigenvalue weighted by molar-refractivity contribution is 7.91. The summed E-state index contributed by atoms with van der Waals surface area (Å²) in [7, 11) is -1.36. The van der Waals surface area contributed by atoms with Crippen LogP contribution in [0.1, 0.15) is 12.5 Å². The lowest BCUT2D eigenvalue weighted by atomic mass is 10.2. The van der Waals surface area contributed by atoms with Gasteiger partial charge in [0.05, 0.1) is 22.3 Å². The fourth-order valence-corrected chi connectivity index (χ4v) is 2.63. The van der Waals surface area contributed by atoms with E-state index in [9.17, 15) is 8.42 Å². The minimum atomic E-state index is -3.24. The molecule has 0 aliphatic rings. The Labute approximate surface area is 102 Å². The summed E-state index contributed by atoms with van der Waals surface area (Å²) in [5.41, 5.74) is 0.467. The average molecular weight is 252 g/mol. The SMILES string of the molecule is CCN(C)CCS(=O)(=O)c1ccc(C#N)cc1. The predicted octanol–water partition coefficient (Wildman–Crippen LogP) is 1.28. The van der Waals surface area contributed by atoms with Gasteiger partial charge in [0.2, 0.25) is 0 Å². The third kappa shape index (κ3) is 3.84. The number of hydrogen-bond acceptors (Lipinski definition) is 4. The van der Waals surface area contributed by atoms with Gasteiger partial charge in [-0.15, -0.1) is 0 Å². The zero-order valence-corrected chi connectivity index (χ0v) is 10.9. The molecule has 0 unspecified atom stereocenters. The lowest BCUT2D eigenvalue weighted by Crippen LogP contribution is -2.25. The minimum absolute atomic E-state index is 0.100. The van der Waals surface area contributed by atoms with Gasteiger partial charge in [0.15, 0.2) is 9.84 Å². The molecule has 17 heavy (non-hydrogen) atoms. The molecule has 92 valence electrons. The van der Waals surface area contributed by atoms with Gasteiger partial charge in [-0.2, -0.15) is 5.26 Å². The maximum Gasteiger partial charge on any atom is 0.179 e. The zero-order chi connectivity index (χ0) is 12.9. The summed E-state index contributed by atoms with van der Waals surface area (Å²) in [5, 5.41) is 8.63. The van der Waals surface area contributed by atoms with Crippen LogP contribution in [-0.4, -0.2) is 39.2 Å². The van der Waals surface area contributed by atoms with Crippen molar-refractivity contribution < 1.29 is 8.42 Å². The van der Waals surface area contributed by atoms with E-state index in [2.05, 4.69) is 0 Å². The van der Waals surface area contributed by atoms with Crippen LogP contribution in [0.3, 0.4) is 0 Å². The molecule has 4 nitrogen and oxygen atoms in total. The molecule has 0 bridgehead atoms. The molecule has 1 aromatic rings. The summed E-state index contributed by atoms with van der Waals surface area (Å²) >= 11 is 0. The lowest BCUT2D eigenvalue weighted by Gasteiger charge is -2.13. The number of nitrogens with zero attached hydrogens (tertiary/aromatic N) is 2. The summed E-state index contributed by atoms with van der Waals surface area (Å²) in [4.78, 5) is 2.22. The predicted molar refractivity (Wildman–Crippen MR) is 66.4 cm³/mol. The molecule has 1 aromatic carbocycles. The molecule has 0 fully saturated rings. The Morgan fingerprint density at radius 3 is 2.35 bits per heavy atom.